The van der Waals surface area contributed by atoms with E-state index >= 15 is 0 Å². The summed E-state index contributed by atoms with van der Waals surface area (Å²) in [6, 6.07) is 16.7. The van der Waals surface area contributed by atoms with Crippen molar-refractivity contribution in [2.75, 3.05) is 0 Å². The van der Waals surface area contributed by atoms with Gasteiger partial charge >= 0.3 is 0 Å². The number of carbonyl (C=O) groups is 2. The third-order valence-corrected chi connectivity index (χ3v) is 4.55. The molecule has 144 valence electrons. The third-order valence-electron chi connectivity index (χ3n) is 4.31. The summed E-state index contributed by atoms with van der Waals surface area (Å²) >= 11 is 6.08. The predicted octanol–water partition coefficient (Wildman–Crippen LogP) is 4.21. The van der Waals surface area contributed by atoms with Crippen molar-refractivity contribution >= 4 is 23.4 Å². The topological polar surface area (TPSA) is 49.4 Å². The molecule has 0 aliphatic rings. The Morgan fingerprint density at radius 1 is 1.00 bits per heavy atom. The van der Waals surface area contributed by atoms with Crippen LogP contribution < -0.4 is 5.32 Å². The highest BCUT2D eigenvalue weighted by atomic mass is 35.5. The smallest absolute Gasteiger partial charge is 0.242 e. The molecule has 2 amide bonds. The molecule has 2 aromatic rings. The number of amides is 2. The average Bonchev–Trinajstić information content (AvgIpc) is 2.64. The van der Waals surface area contributed by atoms with E-state index in [0.29, 0.717) is 24.4 Å². The lowest BCUT2D eigenvalue weighted by molar-refractivity contribution is -0.140. The molecule has 1 unspecified atom stereocenters. The number of rotatable bonds is 8. The van der Waals surface area contributed by atoms with Crippen molar-refractivity contribution in [3.05, 3.63) is 70.7 Å². The Morgan fingerprint density at radius 3 is 2.30 bits per heavy atom. The van der Waals surface area contributed by atoms with Gasteiger partial charge in [-0.2, -0.15) is 0 Å². The molecular weight excluding hydrogens is 360 g/mol. The van der Waals surface area contributed by atoms with Crippen LogP contribution in [0.4, 0.5) is 0 Å². The summed E-state index contributed by atoms with van der Waals surface area (Å²) in [5.41, 5.74) is 2.01. The molecule has 27 heavy (non-hydrogen) atoms. The average molecular weight is 387 g/mol. The van der Waals surface area contributed by atoms with Crippen molar-refractivity contribution in [2.45, 2.75) is 52.2 Å². The zero-order valence-electron chi connectivity index (χ0n) is 16.1. The Balaban J connectivity index is 2.14. The Hall–Kier alpha value is -2.33. The minimum absolute atomic E-state index is 0.0207. The number of hydrogen-bond donors (Lipinski definition) is 1. The van der Waals surface area contributed by atoms with Crippen molar-refractivity contribution in [1.29, 1.82) is 0 Å². The van der Waals surface area contributed by atoms with E-state index in [-0.39, 0.29) is 17.9 Å². The van der Waals surface area contributed by atoms with Gasteiger partial charge in [0.15, 0.2) is 0 Å². The van der Waals surface area contributed by atoms with Gasteiger partial charge in [-0.3, -0.25) is 9.59 Å². The maximum absolute atomic E-state index is 13.0. The lowest BCUT2D eigenvalue weighted by atomic mass is 10.1. The zero-order chi connectivity index (χ0) is 19.8. The van der Waals surface area contributed by atoms with Crippen LogP contribution in [-0.4, -0.2) is 28.8 Å². The molecule has 0 saturated heterocycles. The Labute approximate surface area is 166 Å². The number of aryl methyl sites for hydroxylation is 1. The van der Waals surface area contributed by atoms with Crippen LogP contribution in [0.1, 0.15) is 38.3 Å². The van der Waals surface area contributed by atoms with Crippen molar-refractivity contribution in [2.24, 2.45) is 0 Å². The van der Waals surface area contributed by atoms with Gasteiger partial charge in [-0.1, -0.05) is 54.1 Å². The van der Waals surface area contributed by atoms with Crippen LogP contribution in [0, 0.1) is 0 Å². The van der Waals surface area contributed by atoms with Crippen LogP contribution in [0.2, 0.25) is 5.02 Å². The van der Waals surface area contributed by atoms with E-state index in [1.165, 1.54) is 0 Å². The molecule has 4 nitrogen and oxygen atoms in total. The number of carbonyl (C=O) groups excluding carboxylic acids is 2. The van der Waals surface area contributed by atoms with Gasteiger partial charge in [0.05, 0.1) is 0 Å². The fourth-order valence-corrected chi connectivity index (χ4v) is 3.07. The second kappa shape index (κ2) is 10.1. The maximum Gasteiger partial charge on any atom is 0.242 e. The van der Waals surface area contributed by atoms with Gasteiger partial charge in [-0.05, 0) is 50.5 Å². The van der Waals surface area contributed by atoms with Crippen LogP contribution >= 0.6 is 11.6 Å². The largest absolute Gasteiger partial charge is 0.352 e. The molecule has 0 heterocycles. The van der Waals surface area contributed by atoms with Gasteiger partial charge in [0, 0.05) is 24.0 Å². The molecule has 2 aromatic carbocycles. The van der Waals surface area contributed by atoms with Crippen LogP contribution in [0.25, 0.3) is 0 Å². The molecule has 0 radical (unpaired) electrons. The molecule has 0 bridgehead atoms. The van der Waals surface area contributed by atoms with Crippen molar-refractivity contribution in [3.63, 3.8) is 0 Å². The quantitative estimate of drug-likeness (QED) is 0.738. The standard InChI is InChI=1S/C22H27ClN2O2/c1-16(2)24-22(27)17(3)25(15-19-10-7-11-20(23)14-19)21(26)13-12-18-8-5-4-6-9-18/h4-11,14,16-17H,12-13,15H2,1-3H3,(H,24,27). The highest BCUT2D eigenvalue weighted by Crippen LogP contribution is 2.16. The molecule has 0 aliphatic carbocycles. The molecular formula is C22H27ClN2O2. The van der Waals surface area contributed by atoms with Crippen molar-refractivity contribution < 1.29 is 9.59 Å². The number of nitrogens with one attached hydrogen (secondary N) is 1. The monoisotopic (exact) mass is 386 g/mol. The van der Waals surface area contributed by atoms with Crippen molar-refractivity contribution in [3.8, 4) is 0 Å². The van der Waals surface area contributed by atoms with E-state index in [1.54, 1.807) is 17.9 Å². The predicted molar refractivity (Wildman–Crippen MR) is 110 cm³/mol. The highest BCUT2D eigenvalue weighted by Gasteiger charge is 2.26. The molecule has 0 aliphatic heterocycles. The number of hydrogen-bond acceptors (Lipinski definition) is 2. The first-order chi connectivity index (χ1) is 12.9. The second-order valence-electron chi connectivity index (χ2n) is 6.98. The third kappa shape index (κ3) is 6.72. The van der Waals surface area contributed by atoms with Gasteiger partial charge in [0.2, 0.25) is 11.8 Å². The Morgan fingerprint density at radius 2 is 1.67 bits per heavy atom. The number of benzene rings is 2. The highest BCUT2D eigenvalue weighted by molar-refractivity contribution is 6.30. The molecule has 2 rings (SSSR count). The van der Waals surface area contributed by atoms with Crippen LogP contribution in [-0.2, 0) is 22.6 Å². The van der Waals surface area contributed by atoms with Gasteiger partial charge in [-0.25, -0.2) is 0 Å². The minimum Gasteiger partial charge on any atom is -0.352 e. The second-order valence-corrected chi connectivity index (χ2v) is 7.41. The first kappa shape index (κ1) is 21.0. The molecule has 0 fully saturated rings. The van der Waals surface area contributed by atoms with Crippen LogP contribution in [0.15, 0.2) is 54.6 Å². The number of nitrogens with zero attached hydrogens (tertiary/aromatic N) is 1. The summed E-state index contributed by atoms with van der Waals surface area (Å²) < 4.78 is 0. The molecule has 0 spiro atoms. The Kier molecular flexibility index (Phi) is 7.86. The van der Waals surface area contributed by atoms with E-state index in [1.807, 2.05) is 62.4 Å². The van der Waals surface area contributed by atoms with E-state index in [2.05, 4.69) is 5.32 Å². The number of halogens is 1. The molecule has 0 saturated carbocycles. The zero-order valence-corrected chi connectivity index (χ0v) is 16.9. The van der Waals surface area contributed by atoms with E-state index < -0.39 is 6.04 Å². The van der Waals surface area contributed by atoms with Gasteiger partial charge in [-0.15, -0.1) is 0 Å². The lowest BCUT2D eigenvalue weighted by Gasteiger charge is -2.29. The summed E-state index contributed by atoms with van der Waals surface area (Å²) in [7, 11) is 0. The van der Waals surface area contributed by atoms with Gasteiger partial charge in [0.25, 0.3) is 0 Å². The van der Waals surface area contributed by atoms with Crippen molar-refractivity contribution in [1.82, 2.24) is 10.2 Å². The van der Waals surface area contributed by atoms with E-state index in [9.17, 15) is 9.59 Å². The van der Waals surface area contributed by atoms with E-state index in [4.69, 9.17) is 11.6 Å². The molecule has 5 heteroatoms. The maximum atomic E-state index is 13.0. The normalized spacial score (nSPS) is 11.9. The lowest BCUT2D eigenvalue weighted by Crippen LogP contribution is -2.49. The van der Waals surface area contributed by atoms with Crippen LogP contribution in [0.5, 0.6) is 0 Å². The first-order valence-corrected chi connectivity index (χ1v) is 9.63. The van der Waals surface area contributed by atoms with E-state index in [0.717, 1.165) is 11.1 Å². The van der Waals surface area contributed by atoms with Gasteiger partial charge < -0.3 is 10.2 Å². The minimum atomic E-state index is -0.561. The van der Waals surface area contributed by atoms with Gasteiger partial charge in [0.1, 0.15) is 6.04 Å². The molecule has 1 atom stereocenters. The summed E-state index contributed by atoms with van der Waals surface area (Å²) in [6.07, 6.45) is 0.994. The molecule has 0 aromatic heterocycles. The fourth-order valence-electron chi connectivity index (χ4n) is 2.86. The summed E-state index contributed by atoms with van der Waals surface area (Å²) in [6.45, 7) is 5.93. The SMILES string of the molecule is CC(C)NC(=O)C(C)N(Cc1cccc(Cl)c1)C(=O)CCc1ccccc1. The summed E-state index contributed by atoms with van der Waals surface area (Å²) in [5.74, 6) is -0.203. The van der Waals surface area contributed by atoms with Crippen LogP contribution in [0.3, 0.4) is 0 Å². The first-order valence-electron chi connectivity index (χ1n) is 9.25. The summed E-state index contributed by atoms with van der Waals surface area (Å²) in [5, 5.41) is 3.50. The summed E-state index contributed by atoms with van der Waals surface area (Å²) in [4.78, 5) is 27.1. The molecule has 1 N–H and O–H groups in total. The fraction of sp³-hybridized carbons (Fsp3) is 0.364. The Bertz CT molecular complexity index is 762.